The smallest absolute Gasteiger partial charge is 0.342 e. The van der Waals surface area contributed by atoms with Crippen LogP contribution in [0.4, 0.5) is 18.9 Å². The minimum Gasteiger partial charge on any atom is -0.342 e. The van der Waals surface area contributed by atoms with Gasteiger partial charge in [0.1, 0.15) is 12.6 Å². The highest BCUT2D eigenvalue weighted by atomic mass is 19.4. The van der Waals surface area contributed by atoms with Crippen LogP contribution in [-0.2, 0) is 28.7 Å². The Labute approximate surface area is 183 Å². The number of carbonyl (C=O) groups is 2. The van der Waals surface area contributed by atoms with Crippen molar-refractivity contribution >= 4 is 17.5 Å². The highest BCUT2D eigenvalue weighted by Gasteiger charge is 2.33. The van der Waals surface area contributed by atoms with Crippen molar-refractivity contribution in [2.45, 2.75) is 39.0 Å². The minimum atomic E-state index is -4.59. The van der Waals surface area contributed by atoms with Gasteiger partial charge in [-0.1, -0.05) is 48.0 Å². The van der Waals surface area contributed by atoms with E-state index in [1.165, 1.54) is 0 Å². The average molecular weight is 444 g/mol. The Morgan fingerprint density at radius 3 is 2.44 bits per heavy atom. The molecule has 2 amide bonds. The van der Waals surface area contributed by atoms with Crippen LogP contribution in [0.1, 0.15) is 22.4 Å². The number of nitrogens with zero attached hydrogens (tertiary/aromatic N) is 2. The van der Waals surface area contributed by atoms with Crippen LogP contribution >= 0.6 is 0 Å². The number of aromatic nitrogens is 2. The van der Waals surface area contributed by atoms with Crippen molar-refractivity contribution < 1.29 is 22.8 Å². The number of imidazole rings is 1. The highest BCUT2D eigenvalue weighted by Crippen LogP contribution is 2.27. The maximum Gasteiger partial charge on any atom is 0.434 e. The number of aryl methyl sites for hydroxylation is 2. The number of hydrogen-bond donors (Lipinski definition) is 2. The number of nitrogens with one attached hydrogen (secondary N) is 2. The lowest BCUT2D eigenvalue weighted by Crippen LogP contribution is -2.46. The van der Waals surface area contributed by atoms with E-state index in [0.717, 1.165) is 33.8 Å². The molecule has 1 heterocycles. The van der Waals surface area contributed by atoms with Crippen molar-refractivity contribution in [1.82, 2.24) is 14.9 Å². The molecule has 2 N–H and O–H groups in total. The first-order valence-corrected chi connectivity index (χ1v) is 9.92. The molecular formula is C23H23F3N4O2. The lowest BCUT2D eigenvalue weighted by Gasteiger charge is -2.20. The van der Waals surface area contributed by atoms with Gasteiger partial charge in [-0.15, -0.1) is 0 Å². The Hall–Kier alpha value is -3.62. The molecule has 0 aliphatic rings. The summed E-state index contributed by atoms with van der Waals surface area (Å²) in [5, 5.41) is 5.46. The van der Waals surface area contributed by atoms with Gasteiger partial charge in [0.2, 0.25) is 11.8 Å². The topological polar surface area (TPSA) is 76.0 Å². The molecular weight excluding hydrogens is 421 g/mol. The van der Waals surface area contributed by atoms with E-state index in [-0.39, 0.29) is 6.42 Å². The molecule has 0 bridgehead atoms. The lowest BCUT2D eigenvalue weighted by atomic mass is 10.0. The molecule has 9 heteroatoms. The zero-order valence-corrected chi connectivity index (χ0v) is 17.6. The Morgan fingerprint density at radius 1 is 1.09 bits per heavy atom. The van der Waals surface area contributed by atoms with Gasteiger partial charge in [-0.3, -0.25) is 9.59 Å². The number of alkyl halides is 3. The maximum absolute atomic E-state index is 13.0. The van der Waals surface area contributed by atoms with Crippen molar-refractivity contribution in [3.05, 3.63) is 83.4 Å². The molecule has 3 rings (SSSR count). The quantitative estimate of drug-likeness (QED) is 0.581. The summed E-state index contributed by atoms with van der Waals surface area (Å²) in [5.41, 5.74) is 2.29. The van der Waals surface area contributed by atoms with Gasteiger partial charge < -0.3 is 15.2 Å². The molecule has 0 aliphatic carbocycles. The Bertz CT molecular complexity index is 1090. The van der Waals surface area contributed by atoms with Gasteiger partial charge in [0, 0.05) is 18.3 Å². The number of rotatable bonds is 7. The molecule has 0 spiro atoms. The Balaban J connectivity index is 1.73. The summed E-state index contributed by atoms with van der Waals surface area (Å²) in [4.78, 5) is 28.8. The molecule has 168 valence electrons. The lowest BCUT2D eigenvalue weighted by molar-refractivity contribution is -0.141. The molecule has 2 aromatic carbocycles. The molecule has 1 atom stereocenters. The number of hydrogen-bond acceptors (Lipinski definition) is 3. The minimum absolute atomic E-state index is 0.223. The fourth-order valence-electron chi connectivity index (χ4n) is 3.23. The van der Waals surface area contributed by atoms with E-state index >= 15 is 0 Å². The Morgan fingerprint density at radius 2 is 1.81 bits per heavy atom. The van der Waals surface area contributed by atoms with Crippen LogP contribution < -0.4 is 10.6 Å². The molecule has 0 aliphatic heterocycles. The van der Waals surface area contributed by atoms with E-state index < -0.39 is 36.3 Å². The summed E-state index contributed by atoms with van der Waals surface area (Å²) in [5.74, 6) is -1.02. The van der Waals surface area contributed by atoms with E-state index in [1.807, 2.05) is 56.3 Å². The molecule has 3 aromatic rings. The third-order valence-electron chi connectivity index (χ3n) is 4.82. The number of benzene rings is 2. The highest BCUT2D eigenvalue weighted by molar-refractivity contribution is 5.97. The van der Waals surface area contributed by atoms with Gasteiger partial charge in [0.05, 0.1) is 6.33 Å². The summed E-state index contributed by atoms with van der Waals surface area (Å²) in [6.07, 6.45) is -2.68. The predicted octanol–water partition coefficient (Wildman–Crippen LogP) is 3.88. The summed E-state index contributed by atoms with van der Waals surface area (Å²) in [7, 11) is 0. The van der Waals surface area contributed by atoms with Crippen molar-refractivity contribution in [2.75, 3.05) is 5.32 Å². The first kappa shape index (κ1) is 23.1. The van der Waals surface area contributed by atoms with Gasteiger partial charge in [0.25, 0.3) is 0 Å². The van der Waals surface area contributed by atoms with Crippen LogP contribution in [0.2, 0.25) is 0 Å². The molecule has 1 aromatic heterocycles. The van der Waals surface area contributed by atoms with Gasteiger partial charge in [0.15, 0.2) is 5.69 Å². The standard InChI is InChI=1S/C23H23F3N4O2/c1-15-8-9-18(16(2)10-15)29-22(32)19(11-17-6-4-3-5-7-17)28-21(31)13-30-12-20(27-14-30)23(24,25)26/h3-10,12,14,19H,11,13H2,1-2H3,(H,28,31)(H,29,32). The van der Waals surface area contributed by atoms with E-state index in [4.69, 9.17) is 0 Å². The molecule has 1 unspecified atom stereocenters. The van der Waals surface area contributed by atoms with Crippen LogP contribution in [0.3, 0.4) is 0 Å². The van der Waals surface area contributed by atoms with E-state index in [2.05, 4.69) is 15.6 Å². The van der Waals surface area contributed by atoms with Crippen LogP contribution in [0.25, 0.3) is 0 Å². The van der Waals surface area contributed by atoms with Crippen LogP contribution in [0.5, 0.6) is 0 Å². The van der Waals surface area contributed by atoms with Crippen LogP contribution in [0.15, 0.2) is 61.1 Å². The van der Waals surface area contributed by atoms with E-state index in [0.29, 0.717) is 5.69 Å². The van der Waals surface area contributed by atoms with Crippen molar-refractivity contribution in [2.24, 2.45) is 0 Å². The first-order valence-electron chi connectivity index (χ1n) is 9.92. The van der Waals surface area contributed by atoms with Gasteiger partial charge in [-0.05, 0) is 31.0 Å². The SMILES string of the molecule is Cc1ccc(NC(=O)C(Cc2ccccc2)NC(=O)Cn2cnc(C(F)(F)F)c2)c(C)c1. The second-order valence-corrected chi connectivity index (χ2v) is 7.55. The molecule has 0 saturated carbocycles. The van der Waals surface area contributed by atoms with E-state index in [1.54, 1.807) is 6.07 Å². The van der Waals surface area contributed by atoms with Crippen LogP contribution in [-0.4, -0.2) is 27.4 Å². The fourth-order valence-corrected chi connectivity index (χ4v) is 3.23. The number of amides is 2. The molecule has 0 radical (unpaired) electrons. The summed E-state index contributed by atoms with van der Waals surface area (Å²) < 4.78 is 39.2. The average Bonchev–Trinajstić information content (AvgIpc) is 3.19. The monoisotopic (exact) mass is 444 g/mol. The zero-order chi connectivity index (χ0) is 23.3. The number of halogens is 3. The normalized spacial score (nSPS) is 12.3. The molecule has 0 saturated heterocycles. The van der Waals surface area contributed by atoms with Gasteiger partial charge >= 0.3 is 6.18 Å². The van der Waals surface area contributed by atoms with Gasteiger partial charge in [-0.2, -0.15) is 13.2 Å². The third kappa shape index (κ3) is 6.19. The second-order valence-electron chi connectivity index (χ2n) is 7.55. The van der Waals surface area contributed by atoms with Crippen LogP contribution in [0, 0.1) is 13.8 Å². The first-order chi connectivity index (χ1) is 15.1. The predicted molar refractivity (Wildman–Crippen MR) is 114 cm³/mol. The maximum atomic E-state index is 13.0. The summed E-state index contributed by atoms with van der Waals surface area (Å²) >= 11 is 0. The number of anilines is 1. The zero-order valence-electron chi connectivity index (χ0n) is 17.6. The van der Waals surface area contributed by atoms with Crippen molar-refractivity contribution in [3.8, 4) is 0 Å². The van der Waals surface area contributed by atoms with Crippen molar-refractivity contribution in [1.29, 1.82) is 0 Å². The Kier molecular flexibility index (Phi) is 6.97. The summed E-state index contributed by atoms with van der Waals surface area (Å²) in [6, 6.07) is 13.8. The van der Waals surface area contributed by atoms with Crippen molar-refractivity contribution in [3.63, 3.8) is 0 Å². The third-order valence-corrected chi connectivity index (χ3v) is 4.82. The van der Waals surface area contributed by atoms with E-state index in [9.17, 15) is 22.8 Å². The number of carbonyl (C=O) groups excluding carboxylic acids is 2. The molecule has 32 heavy (non-hydrogen) atoms. The fraction of sp³-hybridized carbons (Fsp3) is 0.261. The molecule has 0 fully saturated rings. The van der Waals surface area contributed by atoms with Gasteiger partial charge in [-0.25, -0.2) is 4.98 Å². The largest absolute Gasteiger partial charge is 0.434 e. The molecule has 6 nitrogen and oxygen atoms in total. The second kappa shape index (κ2) is 9.67. The summed E-state index contributed by atoms with van der Waals surface area (Å²) in [6.45, 7) is 3.41.